The van der Waals surface area contributed by atoms with Crippen LogP contribution in [-0.4, -0.2) is 10.9 Å². The number of benzene rings is 1. The van der Waals surface area contributed by atoms with Crippen LogP contribution in [0.2, 0.25) is 0 Å². The molecule has 1 N–H and O–H groups in total. The molecule has 4 heteroatoms. The summed E-state index contributed by atoms with van der Waals surface area (Å²) in [5.74, 6) is -0.159. The first-order chi connectivity index (χ1) is 9.36. The van der Waals surface area contributed by atoms with Gasteiger partial charge in [-0.2, -0.15) is 0 Å². The van der Waals surface area contributed by atoms with Gasteiger partial charge >= 0.3 is 0 Å². The molecule has 0 unspecified atom stereocenters. The van der Waals surface area contributed by atoms with Crippen LogP contribution in [0.15, 0.2) is 47.2 Å². The van der Waals surface area contributed by atoms with E-state index in [-0.39, 0.29) is 11.3 Å². The largest absolute Gasteiger partial charge is 0.322 e. The van der Waals surface area contributed by atoms with Gasteiger partial charge in [-0.15, -0.1) is 0 Å². The molecule has 1 aromatic heterocycles. The molecule has 0 aliphatic rings. The summed E-state index contributed by atoms with van der Waals surface area (Å²) >= 11 is 3.25. The molecule has 1 aromatic carbocycles. The molecule has 1 amide bonds. The molecule has 0 spiro atoms. The van der Waals surface area contributed by atoms with Crippen LogP contribution in [0.4, 0.5) is 5.69 Å². The molecular formula is C16H17BrN2O. The lowest BCUT2D eigenvalue weighted by molar-refractivity contribution is 0.102. The first-order valence-corrected chi connectivity index (χ1v) is 7.19. The molecule has 0 bridgehead atoms. The maximum atomic E-state index is 12.0. The van der Waals surface area contributed by atoms with Crippen LogP contribution in [0.5, 0.6) is 0 Å². The smallest absolute Gasteiger partial charge is 0.257 e. The van der Waals surface area contributed by atoms with Gasteiger partial charge in [0.25, 0.3) is 5.91 Å². The van der Waals surface area contributed by atoms with Crippen molar-refractivity contribution in [3.8, 4) is 0 Å². The molecule has 0 atom stereocenters. The van der Waals surface area contributed by atoms with Crippen molar-refractivity contribution in [1.82, 2.24) is 4.98 Å². The van der Waals surface area contributed by atoms with Gasteiger partial charge in [-0.1, -0.05) is 32.9 Å². The highest BCUT2D eigenvalue weighted by molar-refractivity contribution is 9.10. The van der Waals surface area contributed by atoms with E-state index in [2.05, 4.69) is 47.0 Å². The van der Waals surface area contributed by atoms with Crippen molar-refractivity contribution in [3.63, 3.8) is 0 Å². The SMILES string of the molecule is CC(C)(C)c1ccc(NC(=O)c2ccc(Br)nc2)cc1. The number of hydrogen-bond donors (Lipinski definition) is 1. The van der Waals surface area contributed by atoms with Gasteiger partial charge in [0.2, 0.25) is 0 Å². The fourth-order valence-corrected chi connectivity index (χ4v) is 2.00. The van der Waals surface area contributed by atoms with Gasteiger partial charge in [0.15, 0.2) is 0 Å². The highest BCUT2D eigenvalue weighted by atomic mass is 79.9. The Kier molecular flexibility index (Phi) is 4.23. The number of aromatic nitrogens is 1. The second kappa shape index (κ2) is 5.75. The number of halogens is 1. The number of hydrogen-bond acceptors (Lipinski definition) is 2. The number of nitrogens with zero attached hydrogens (tertiary/aromatic N) is 1. The van der Waals surface area contributed by atoms with E-state index in [1.807, 2.05) is 24.3 Å². The van der Waals surface area contributed by atoms with Crippen LogP contribution in [0.1, 0.15) is 36.7 Å². The summed E-state index contributed by atoms with van der Waals surface area (Å²) in [5, 5.41) is 2.86. The maximum absolute atomic E-state index is 12.0. The minimum Gasteiger partial charge on any atom is -0.322 e. The molecule has 0 aliphatic heterocycles. The zero-order chi connectivity index (χ0) is 14.8. The summed E-state index contributed by atoms with van der Waals surface area (Å²) in [6, 6.07) is 11.4. The Bertz CT molecular complexity index is 598. The normalized spacial score (nSPS) is 11.2. The second-order valence-corrected chi connectivity index (χ2v) is 6.46. The monoisotopic (exact) mass is 332 g/mol. The average Bonchev–Trinajstić information content (AvgIpc) is 2.39. The van der Waals surface area contributed by atoms with Crippen molar-refractivity contribution >= 4 is 27.5 Å². The molecule has 20 heavy (non-hydrogen) atoms. The van der Waals surface area contributed by atoms with Crippen LogP contribution in [-0.2, 0) is 5.41 Å². The number of amides is 1. The minimum absolute atomic E-state index is 0.109. The van der Waals surface area contributed by atoms with E-state index in [1.54, 1.807) is 18.3 Å². The van der Waals surface area contributed by atoms with Crippen molar-refractivity contribution in [2.24, 2.45) is 0 Å². The molecule has 2 rings (SSSR count). The van der Waals surface area contributed by atoms with Gasteiger partial charge in [0.05, 0.1) is 5.56 Å². The van der Waals surface area contributed by atoms with Crippen LogP contribution in [0.3, 0.4) is 0 Å². The van der Waals surface area contributed by atoms with Crippen LogP contribution in [0, 0.1) is 0 Å². The van der Waals surface area contributed by atoms with Gasteiger partial charge in [0.1, 0.15) is 4.60 Å². The summed E-state index contributed by atoms with van der Waals surface area (Å²) in [6.07, 6.45) is 1.54. The van der Waals surface area contributed by atoms with Crippen molar-refractivity contribution in [2.75, 3.05) is 5.32 Å². The maximum Gasteiger partial charge on any atom is 0.257 e. The average molecular weight is 333 g/mol. The predicted molar refractivity (Wildman–Crippen MR) is 85.0 cm³/mol. The van der Waals surface area contributed by atoms with Gasteiger partial charge in [-0.05, 0) is 51.2 Å². The van der Waals surface area contributed by atoms with Gasteiger partial charge in [-0.3, -0.25) is 4.79 Å². The lowest BCUT2D eigenvalue weighted by atomic mass is 9.87. The Hall–Kier alpha value is -1.68. The van der Waals surface area contributed by atoms with Crippen LogP contribution in [0.25, 0.3) is 0 Å². The number of nitrogens with one attached hydrogen (secondary N) is 1. The molecule has 0 saturated heterocycles. The molecule has 1 heterocycles. The van der Waals surface area contributed by atoms with E-state index in [1.165, 1.54) is 5.56 Å². The summed E-state index contributed by atoms with van der Waals surface area (Å²) in [5.41, 5.74) is 2.66. The summed E-state index contributed by atoms with van der Waals surface area (Å²) in [7, 11) is 0. The Morgan fingerprint density at radius 1 is 1.10 bits per heavy atom. The standard InChI is InChI=1S/C16H17BrN2O/c1-16(2,3)12-5-7-13(8-6-12)19-15(20)11-4-9-14(17)18-10-11/h4-10H,1-3H3,(H,19,20). The zero-order valence-electron chi connectivity index (χ0n) is 11.8. The van der Waals surface area contributed by atoms with E-state index in [9.17, 15) is 4.79 Å². The topological polar surface area (TPSA) is 42.0 Å². The molecule has 0 aliphatic carbocycles. The fourth-order valence-electron chi connectivity index (χ4n) is 1.77. The highest BCUT2D eigenvalue weighted by Crippen LogP contribution is 2.23. The third-order valence-electron chi connectivity index (χ3n) is 3.00. The number of carbonyl (C=O) groups is 1. The molecule has 104 valence electrons. The first-order valence-electron chi connectivity index (χ1n) is 6.40. The van der Waals surface area contributed by atoms with Crippen molar-refractivity contribution in [2.45, 2.75) is 26.2 Å². The number of pyridine rings is 1. The summed E-state index contributed by atoms with van der Waals surface area (Å²) in [6.45, 7) is 6.48. The van der Waals surface area contributed by atoms with Gasteiger partial charge in [0, 0.05) is 11.9 Å². The molecule has 0 fully saturated rings. The van der Waals surface area contributed by atoms with E-state index in [0.717, 1.165) is 5.69 Å². The number of anilines is 1. The molecule has 0 radical (unpaired) electrons. The van der Waals surface area contributed by atoms with Gasteiger partial charge in [-0.25, -0.2) is 4.98 Å². The molecule has 3 nitrogen and oxygen atoms in total. The third-order valence-corrected chi connectivity index (χ3v) is 3.47. The fraction of sp³-hybridized carbons (Fsp3) is 0.250. The van der Waals surface area contributed by atoms with Gasteiger partial charge < -0.3 is 5.32 Å². The molecular weight excluding hydrogens is 316 g/mol. The Labute approximate surface area is 127 Å². The number of carbonyl (C=O) groups excluding carboxylic acids is 1. The Morgan fingerprint density at radius 3 is 2.25 bits per heavy atom. The summed E-state index contributed by atoms with van der Waals surface area (Å²) < 4.78 is 0.712. The van der Waals surface area contributed by atoms with Crippen molar-refractivity contribution in [3.05, 3.63) is 58.3 Å². The Balaban J connectivity index is 2.10. The van der Waals surface area contributed by atoms with E-state index in [0.29, 0.717) is 10.2 Å². The van der Waals surface area contributed by atoms with E-state index < -0.39 is 0 Å². The zero-order valence-corrected chi connectivity index (χ0v) is 13.4. The first kappa shape index (κ1) is 14.7. The van der Waals surface area contributed by atoms with E-state index in [4.69, 9.17) is 0 Å². The number of rotatable bonds is 2. The molecule has 0 saturated carbocycles. The third kappa shape index (κ3) is 3.67. The van der Waals surface area contributed by atoms with Crippen LogP contribution >= 0.6 is 15.9 Å². The lowest BCUT2D eigenvalue weighted by Crippen LogP contribution is -2.13. The molecule has 2 aromatic rings. The van der Waals surface area contributed by atoms with Crippen molar-refractivity contribution in [1.29, 1.82) is 0 Å². The quantitative estimate of drug-likeness (QED) is 0.828. The second-order valence-electron chi connectivity index (χ2n) is 5.65. The Morgan fingerprint density at radius 2 is 1.75 bits per heavy atom. The predicted octanol–water partition coefficient (Wildman–Crippen LogP) is 4.39. The summed E-state index contributed by atoms with van der Waals surface area (Å²) in [4.78, 5) is 16.1. The minimum atomic E-state index is -0.159. The van der Waals surface area contributed by atoms with Crippen LogP contribution < -0.4 is 5.32 Å². The lowest BCUT2D eigenvalue weighted by Gasteiger charge is -2.19. The van der Waals surface area contributed by atoms with Crippen molar-refractivity contribution < 1.29 is 4.79 Å². The van der Waals surface area contributed by atoms with E-state index >= 15 is 0 Å². The highest BCUT2D eigenvalue weighted by Gasteiger charge is 2.13.